The van der Waals surface area contributed by atoms with E-state index >= 15 is 0 Å². The highest BCUT2D eigenvalue weighted by Gasteiger charge is 2.22. The number of thiocarbonyl (C=S) groups is 1. The fraction of sp³-hybridized carbons (Fsp3) is 0.500. The highest BCUT2D eigenvalue weighted by atomic mass is 32.1. The third-order valence-corrected chi connectivity index (χ3v) is 5.77. The largest absolute Gasteiger partial charge is 0.378 e. The summed E-state index contributed by atoms with van der Waals surface area (Å²) in [6, 6.07) is 12.7. The lowest BCUT2D eigenvalue weighted by molar-refractivity contribution is 0.122. The Morgan fingerprint density at radius 1 is 0.935 bits per heavy atom. The number of hydrogen-bond donors (Lipinski definition) is 2. The maximum atomic E-state index is 5.51. The molecule has 166 valence electrons. The number of para-hydroxylation sites is 1. The smallest absolute Gasteiger partial charge is 0.232 e. The number of nitrogens with one attached hydrogen (secondary N) is 2. The highest BCUT2D eigenvalue weighted by Crippen LogP contribution is 2.24. The molecule has 0 spiro atoms. The van der Waals surface area contributed by atoms with Crippen LogP contribution < -0.4 is 25.3 Å². The van der Waals surface area contributed by atoms with Crippen LogP contribution in [0.5, 0.6) is 0 Å². The van der Waals surface area contributed by atoms with Crippen molar-refractivity contribution in [1.29, 1.82) is 0 Å². The fourth-order valence-corrected chi connectivity index (χ4v) is 4.00. The van der Waals surface area contributed by atoms with Gasteiger partial charge in [-0.3, -0.25) is 0 Å². The number of piperazine rings is 1. The average Bonchev–Trinajstić information content (AvgIpc) is 2.84. The van der Waals surface area contributed by atoms with Crippen molar-refractivity contribution in [3.63, 3.8) is 0 Å². The van der Waals surface area contributed by atoms with Gasteiger partial charge in [0.1, 0.15) is 11.6 Å². The van der Waals surface area contributed by atoms with Crippen LogP contribution in [0.4, 0.5) is 23.3 Å². The summed E-state index contributed by atoms with van der Waals surface area (Å²) in [7, 11) is 0. The van der Waals surface area contributed by atoms with Crippen molar-refractivity contribution in [1.82, 2.24) is 15.3 Å². The van der Waals surface area contributed by atoms with Gasteiger partial charge < -0.3 is 30.1 Å². The van der Waals surface area contributed by atoms with Crippen molar-refractivity contribution >= 4 is 40.6 Å². The number of benzene rings is 1. The Morgan fingerprint density at radius 2 is 1.55 bits per heavy atom. The number of morpholine rings is 1. The number of hydrogen-bond acceptors (Lipinski definition) is 7. The normalized spacial score (nSPS) is 16.9. The number of rotatable bonds is 6. The average molecular weight is 442 g/mol. The van der Waals surface area contributed by atoms with Gasteiger partial charge in [0, 0.05) is 57.6 Å². The molecule has 0 saturated carbocycles. The van der Waals surface area contributed by atoms with Gasteiger partial charge >= 0.3 is 0 Å². The molecule has 0 radical (unpaired) electrons. The van der Waals surface area contributed by atoms with E-state index in [1.165, 1.54) is 5.69 Å². The zero-order valence-electron chi connectivity index (χ0n) is 18.1. The molecule has 31 heavy (non-hydrogen) atoms. The lowest BCUT2D eigenvalue weighted by Gasteiger charge is -2.37. The number of ether oxygens (including phenoxy) is 1. The van der Waals surface area contributed by atoms with Gasteiger partial charge in [0.15, 0.2) is 5.11 Å². The second-order valence-corrected chi connectivity index (χ2v) is 8.11. The Bertz CT molecular complexity index is 852. The Hall–Kier alpha value is -2.65. The van der Waals surface area contributed by atoms with Gasteiger partial charge in [0.25, 0.3) is 0 Å². The first-order valence-corrected chi connectivity index (χ1v) is 11.5. The third-order valence-electron chi connectivity index (χ3n) is 5.52. The Labute approximate surface area is 189 Å². The summed E-state index contributed by atoms with van der Waals surface area (Å²) < 4.78 is 5.51. The molecule has 2 N–H and O–H groups in total. The van der Waals surface area contributed by atoms with Gasteiger partial charge in [-0.15, -0.1) is 0 Å². The van der Waals surface area contributed by atoms with Crippen molar-refractivity contribution in [3.8, 4) is 0 Å². The molecule has 0 atom stereocenters. The highest BCUT2D eigenvalue weighted by molar-refractivity contribution is 7.80. The van der Waals surface area contributed by atoms with E-state index in [0.29, 0.717) is 24.3 Å². The summed E-state index contributed by atoms with van der Waals surface area (Å²) >= 11 is 5.41. The van der Waals surface area contributed by atoms with Crippen LogP contribution in [0.1, 0.15) is 13.3 Å². The zero-order chi connectivity index (χ0) is 21.5. The molecule has 9 heteroatoms. The van der Waals surface area contributed by atoms with E-state index in [1.807, 2.05) is 0 Å². The van der Waals surface area contributed by atoms with E-state index in [2.05, 4.69) is 68.7 Å². The summed E-state index contributed by atoms with van der Waals surface area (Å²) in [6.45, 7) is 9.76. The lowest BCUT2D eigenvalue weighted by Crippen LogP contribution is -2.47. The molecule has 3 heterocycles. The molecular weight excluding hydrogens is 410 g/mol. The molecule has 0 amide bonds. The van der Waals surface area contributed by atoms with Crippen molar-refractivity contribution in [2.24, 2.45) is 0 Å². The summed E-state index contributed by atoms with van der Waals surface area (Å²) in [4.78, 5) is 16.5. The molecule has 0 aliphatic carbocycles. The second kappa shape index (κ2) is 10.6. The van der Waals surface area contributed by atoms with Crippen LogP contribution in [0.2, 0.25) is 0 Å². The van der Waals surface area contributed by atoms with E-state index in [-0.39, 0.29) is 0 Å². The molecule has 2 saturated heterocycles. The molecule has 2 aromatic rings. The second-order valence-electron chi connectivity index (χ2n) is 7.70. The third kappa shape index (κ3) is 5.74. The van der Waals surface area contributed by atoms with Gasteiger partial charge in [-0.05, 0) is 30.8 Å². The van der Waals surface area contributed by atoms with E-state index < -0.39 is 0 Å². The number of anilines is 4. The van der Waals surface area contributed by atoms with E-state index in [9.17, 15) is 0 Å². The number of nitrogens with zero attached hydrogens (tertiary/aromatic N) is 5. The van der Waals surface area contributed by atoms with E-state index in [4.69, 9.17) is 26.9 Å². The quantitative estimate of drug-likeness (QED) is 0.658. The first-order chi connectivity index (χ1) is 15.2. The van der Waals surface area contributed by atoms with Crippen LogP contribution in [0.3, 0.4) is 0 Å². The first-order valence-electron chi connectivity index (χ1n) is 11.0. The molecule has 2 fully saturated rings. The predicted molar refractivity (Wildman–Crippen MR) is 130 cm³/mol. The van der Waals surface area contributed by atoms with Gasteiger partial charge in [-0.1, -0.05) is 25.1 Å². The van der Waals surface area contributed by atoms with Crippen LogP contribution in [0.15, 0.2) is 36.4 Å². The number of aromatic nitrogens is 2. The van der Waals surface area contributed by atoms with Crippen LogP contribution in [-0.2, 0) is 4.74 Å². The molecule has 0 bridgehead atoms. The first kappa shape index (κ1) is 21.6. The maximum Gasteiger partial charge on any atom is 0.232 e. The van der Waals surface area contributed by atoms with E-state index in [0.717, 1.165) is 63.9 Å². The van der Waals surface area contributed by atoms with Crippen LogP contribution >= 0.6 is 12.2 Å². The molecule has 8 nitrogen and oxygen atoms in total. The van der Waals surface area contributed by atoms with Crippen LogP contribution in [0.25, 0.3) is 0 Å². The van der Waals surface area contributed by atoms with Gasteiger partial charge in [-0.25, -0.2) is 0 Å². The molecular formula is C22H31N7OS. The summed E-state index contributed by atoms with van der Waals surface area (Å²) in [5, 5.41) is 6.92. The SMILES string of the molecule is CCCNC(=S)Nc1nc(N2CCOCC2)cc(N2CCN(c3ccccc3)CC2)n1. The molecule has 2 aliphatic rings. The monoisotopic (exact) mass is 441 g/mol. The van der Waals surface area contributed by atoms with Gasteiger partial charge in [0.05, 0.1) is 13.2 Å². The van der Waals surface area contributed by atoms with Crippen LogP contribution in [-0.4, -0.2) is 74.1 Å². The molecule has 2 aliphatic heterocycles. The summed E-state index contributed by atoms with van der Waals surface area (Å²) in [5.41, 5.74) is 1.27. The summed E-state index contributed by atoms with van der Waals surface area (Å²) in [5.74, 6) is 2.39. The van der Waals surface area contributed by atoms with E-state index in [1.54, 1.807) is 0 Å². The molecule has 1 aromatic carbocycles. The minimum atomic E-state index is 0.540. The Balaban J connectivity index is 1.50. The maximum absolute atomic E-state index is 5.51. The summed E-state index contributed by atoms with van der Waals surface area (Å²) in [6.07, 6.45) is 1.01. The van der Waals surface area contributed by atoms with Crippen molar-refractivity contribution in [3.05, 3.63) is 36.4 Å². The predicted octanol–water partition coefficient (Wildman–Crippen LogP) is 2.34. The molecule has 1 aromatic heterocycles. The van der Waals surface area contributed by atoms with Crippen molar-refractivity contribution < 1.29 is 4.74 Å². The zero-order valence-corrected chi connectivity index (χ0v) is 18.9. The fourth-order valence-electron chi connectivity index (χ4n) is 3.81. The van der Waals surface area contributed by atoms with Crippen LogP contribution in [0, 0.1) is 0 Å². The van der Waals surface area contributed by atoms with Gasteiger partial charge in [-0.2, -0.15) is 9.97 Å². The van der Waals surface area contributed by atoms with Crippen molar-refractivity contribution in [2.45, 2.75) is 13.3 Å². The van der Waals surface area contributed by atoms with Gasteiger partial charge in [0.2, 0.25) is 5.95 Å². The Morgan fingerprint density at radius 3 is 2.19 bits per heavy atom. The topological polar surface area (TPSA) is 68.8 Å². The Kier molecular flexibility index (Phi) is 7.37. The minimum absolute atomic E-state index is 0.540. The molecule has 0 unspecified atom stereocenters. The molecule has 4 rings (SSSR count). The standard InChI is InChI=1S/C22H31N7OS/c1-2-8-23-22(31)26-21-24-19(17-20(25-21)29-13-15-30-16-14-29)28-11-9-27(10-12-28)18-6-4-3-5-7-18/h3-7,17H,2,8-16H2,1H3,(H2,23,24,25,26,31). The van der Waals surface area contributed by atoms with Crippen molar-refractivity contribution in [2.75, 3.05) is 79.0 Å². The lowest BCUT2D eigenvalue weighted by atomic mass is 10.2. The minimum Gasteiger partial charge on any atom is -0.378 e.